The summed E-state index contributed by atoms with van der Waals surface area (Å²) in [6, 6.07) is 4.44. The Bertz CT molecular complexity index is 406. The molecule has 21 heavy (non-hydrogen) atoms. The number of hydrogen-bond donors (Lipinski definition) is 1. The van der Waals surface area contributed by atoms with Crippen LogP contribution in [0.25, 0.3) is 0 Å². The number of rotatable bonds is 6. The first-order chi connectivity index (χ1) is 10.4. The van der Waals surface area contributed by atoms with E-state index in [1.807, 2.05) is 6.07 Å². The molecule has 4 heteroatoms. The predicted octanol–water partition coefficient (Wildman–Crippen LogP) is 2.97. The fraction of sp³-hybridized carbons (Fsp3) is 0.765. The summed E-state index contributed by atoms with van der Waals surface area (Å²) in [6.07, 6.45) is 8.11. The first-order valence-electron chi connectivity index (χ1n) is 8.46. The zero-order chi connectivity index (χ0) is 14.5. The van der Waals surface area contributed by atoms with Crippen molar-refractivity contribution in [3.63, 3.8) is 0 Å². The van der Waals surface area contributed by atoms with E-state index in [1.165, 1.54) is 25.7 Å². The molecule has 0 radical (unpaired) electrons. The summed E-state index contributed by atoms with van der Waals surface area (Å²) in [7, 11) is 0. The van der Waals surface area contributed by atoms with Gasteiger partial charge in [-0.15, -0.1) is 0 Å². The van der Waals surface area contributed by atoms with Gasteiger partial charge in [0.05, 0.1) is 25.5 Å². The van der Waals surface area contributed by atoms with Crippen LogP contribution in [-0.4, -0.2) is 43.3 Å². The van der Waals surface area contributed by atoms with Crippen molar-refractivity contribution in [1.29, 1.82) is 0 Å². The Kier molecular flexibility index (Phi) is 4.99. The molecular weight excluding hydrogens is 264 g/mol. The van der Waals surface area contributed by atoms with Crippen LogP contribution in [0.4, 0.5) is 0 Å². The van der Waals surface area contributed by atoms with Crippen LogP contribution in [0.1, 0.15) is 50.8 Å². The molecule has 1 unspecified atom stereocenters. The van der Waals surface area contributed by atoms with Gasteiger partial charge in [0.2, 0.25) is 0 Å². The van der Waals surface area contributed by atoms with Crippen LogP contribution in [0, 0.1) is 0 Å². The van der Waals surface area contributed by atoms with E-state index in [0.29, 0.717) is 6.04 Å². The number of furan rings is 1. The lowest BCUT2D eigenvalue weighted by molar-refractivity contribution is -0.0392. The molecule has 3 rings (SSSR count). The van der Waals surface area contributed by atoms with E-state index in [-0.39, 0.29) is 5.54 Å². The van der Waals surface area contributed by atoms with Gasteiger partial charge in [0.15, 0.2) is 0 Å². The molecule has 1 aliphatic heterocycles. The molecule has 1 saturated carbocycles. The number of nitrogens with zero attached hydrogens (tertiary/aromatic N) is 1. The summed E-state index contributed by atoms with van der Waals surface area (Å²) < 4.78 is 11.4. The summed E-state index contributed by atoms with van der Waals surface area (Å²) in [6.45, 7) is 7.08. The highest BCUT2D eigenvalue weighted by Gasteiger charge is 2.47. The molecule has 2 fully saturated rings. The average molecular weight is 292 g/mol. The second-order valence-corrected chi connectivity index (χ2v) is 6.31. The van der Waals surface area contributed by atoms with Crippen LogP contribution in [0.5, 0.6) is 0 Å². The highest BCUT2D eigenvalue weighted by Crippen LogP contribution is 2.45. The Hall–Kier alpha value is -0.840. The van der Waals surface area contributed by atoms with Crippen LogP contribution in [0.2, 0.25) is 0 Å². The van der Waals surface area contributed by atoms with Gasteiger partial charge in [-0.25, -0.2) is 0 Å². The highest BCUT2D eigenvalue weighted by molar-refractivity contribution is 5.15. The maximum atomic E-state index is 5.80. The molecule has 1 N–H and O–H groups in total. The minimum atomic E-state index is 0.205. The molecule has 1 aliphatic carbocycles. The van der Waals surface area contributed by atoms with Gasteiger partial charge >= 0.3 is 0 Å². The first-order valence-corrected chi connectivity index (χ1v) is 8.46. The molecule has 0 aromatic carbocycles. The molecule has 118 valence electrons. The monoisotopic (exact) mass is 292 g/mol. The third-order valence-electron chi connectivity index (χ3n) is 5.07. The molecule has 0 amide bonds. The summed E-state index contributed by atoms with van der Waals surface area (Å²) >= 11 is 0. The van der Waals surface area contributed by atoms with Gasteiger partial charge in [-0.3, -0.25) is 4.90 Å². The van der Waals surface area contributed by atoms with E-state index < -0.39 is 0 Å². The first kappa shape index (κ1) is 15.1. The number of morpholine rings is 1. The van der Waals surface area contributed by atoms with E-state index in [9.17, 15) is 0 Å². The molecule has 1 aromatic heterocycles. The van der Waals surface area contributed by atoms with E-state index >= 15 is 0 Å². The Balaban J connectivity index is 1.87. The van der Waals surface area contributed by atoms with Gasteiger partial charge in [-0.05, 0) is 37.9 Å². The molecule has 2 aliphatic rings. The van der Waals surface area contributed by atoms with Crippen molar-refractivity contribution in [3.8, 4) is 0 Å². The quantitative estimate of drug-likeness (QED) is 0.875. The predicted molar refractivity (Wildman–Crippen MR) is 83.3 cm³/mol. The number of nitrogens with one attached hydrogen (secondary N) is 1. The van der Waals surface area contributed by atoms with Crippen LogP contribution >= 0.6 is 0 Å². The Morgan fingerprint density at radius 2 is 2.05 bits per heavy atom. The topological polar surface area (TPSA) is 37.6 Å². The lowest BCUT2D eigenvalue weighted by Crippen LogP contribution is -2.58. The lowest BCUT2D eigenvalue weighted by atomic mass is 9.84. The van der Waals surface area contributed by atoms with Gasteiger partial charge in [-0.2, -0.15) is 0 Å². The second kappa shape index (κ2) is 6.95. The van der Waals surface area contributed by atoms with Crippen molar-refractivity contribution < 1.29 is 9.15 Å². The van der Waals surface area contributed by atoms with Crippen molar-refractivity contribution in [1.82, 2.24) is 10.2 Å². The van der Waals surface area contributed by atoms with Gasteiger partial charge in [0.1, 0.15) is 5.76 Å². The third-order valence-corrected chi connectivity index (χ3v) is 5.07. The summed E-state index contributed by atoms with van der Waals surface area (Å²) in [4.78, 5) is 2.67. The van der Waals surface area contributed by atoms with Crippen LogP contribution in [0.3, 0.4) is 0 Å². The highest BCUT2D eigenvalue weighted by atomic mass is 16.5. The molecule has 1 saturated heterocycles. The van der Waals surface area contributed by atoms with E-state index in [1.54, 1.807) is 6.26 Å². The normalized spacial score (nSPS) is 24.2. The lowest BCUT2D eigenvalue weighted by Gasteiger charge is -2.47. The SMILES string of the molecule is CCCNC(c1ccco1)C1(N2CCOCC2)CCCC1. The van der Waals surface area contributed by atoms with Gasteiger partial charge in [0.25, 0.3) is 0 Å². The molecular formula is C17H28N2O2. The zero-order valence-electron chi connectivity index (χ0n) is 13.1. The van der Waals surface area contributed by atoms with Gasteiger partial charge in [0, 0.05) is 18.6 Å². The molecule has 1 aromatic rings. The minimum Gasteiger partial charge on any atom is -0.468 e. The maximum Gasteiger partial charge on any atom is 0.122 e. The van der Waals surface area contributed by atoms with Crippen molar-refractivity contribution in [2.45, 2.75) is 50.6 Å². The Morgan fingerprint density at radius 3 is 2.67 bits per heavy atom. The summed E-state index contributed by atoms with van der Waals surface area (Å²) in [5.74, 6) is 1.09. The van der Waals surface area contributed by atoms with E-state index in [4.69, 9.17) is 9.15 Å². The standard InChI is InChI=1S/C17H28N2O2/c1-2-9-18-16(15-6-5-12-21-15)17(7-3-4-8-17)19-10-13-20-14-11-19/h5-6,12,16,18H,2-4,7-11,13-14H2,1H3. The van der Waals surface area contributed by atoms with Crippen LogP contribution in [0.15, 0.2) is 22.8 Å². The fourth-order valence-electron chi connectivity index (χ4n) is 4.08. The van der Waals surface area contributed by atoms with Gasteiger partial charge < -0.3 is 14.5 Å². The Labute approximate surface area is 127 Å². The smallest absolute Gasteiger partial charge is 0.122 e. The minimum absolute atomic E-state index is 0.205. The number of ether oxygens (including phenoxy) is 1. The van der Waals surface area contributed by atoms with Crippen molar-refractivity contribution in [3.05, 3.63) is 24.2 Å². The van der Waals surface area contributed by atoms with Crippen molar-refractivity contribution in [2.75, 3.05) is 32.8 Å². The molecule has 4 nitrogen and oxygen atoms in total. The zero-order valence-corrected chi connectivity index (χ0v) is 13.1. The average Bonchev–Trinajstić information content (AvgIpc) is 3.21. The third kappa shape index (κ3) is 3.03. The second-order valence-electron chi connectivity index (χ2n) is 6.31. The largest absolute Gasteiger partial charge is 0.468 e. The van der Waals surface area contributed by atoms with E-state index in [0.717, 1.165) is 45.0 Å². The fourth-order valence-corrected chi connectivity index (χ4v) is 4.08. The summed E-state index contributed by atoms with van der Waals surface area (Å²) in [5, 5.41) is 3.78. The Morgan fingerprint density at radius 1 is 1.29 bits per heavy atom. The number of hydrogen-bond acceptors (Lipinski definition) is 4. The van der Waals surface area contributed by atoms with Crippen molar-refractivity contribution >= 4 is 0 Å². The molecule has 0 bridgehead atoms. The van der Waals surface area contributed by atoms with Crippen LogP contribution < -0.4 is 5.32 Å². The van der Waals surface area contributed by atoms with Crippen molar-refractivity contribution in [2.24, 2.45) is 0 Å². The molecule has 1 atom stereocenters. The molecule has 0 spiro atoms. The van der Waals surface area contributed by atoms with Crippen LogP contribution in [-0.2, 0) is 4.74 Å². The van der Waals surface area contributed by atoms with Gasteiger partial charge in [-0.1, -0.05) is 19.8 Å². The summed E-state index contributed by atoms with van der Waals surface area (Å²) in [5.41, 5.74) is 0.205. The van der Waals surface area contributed by atoms with E-state index in [2.05, 4.69) is 23.2 Å². The molecule has 2 heterocycles. The maximum absolute atomic E-state index is 5.80.